The number of alkyl halides is 2. The lowest BCUT2D eigenvalue weighted by Gasteiger charge is -2.18. The molecule has 0 unspecified atom stereocenters. The van der Waals surface area contributed by atoms with E-state index in [1.54, 1.807) is 31.5 Å². The van der Waals surface area contributed by atoms with Crippen molar-refractivity contribution in [2.45, 2.75) is 32.9 Å². The lowest BCUT2D eigenvalue weighted by molar-refractivity contribution is -0.128. The van der Waals surface area contributed by atoms with Crippen LogP contribution in [0.4, 0.5) is 20.5 Å². The van der Waals surface area contributed by atoms with Crippen LogP contribution in [0.1, 0.15) is 12.7 Å². The highest BCUT2D eigenvalue weighted by atomic mass is 19.3. The standard InChI is InChI=1S/C23H25F2N9O/c1-11-27-17-5-4-16(28-22(17)33(11)10-18(24)25)13-6-7-34-20(13)21(26-3)30-23(31-34)29-19-14-8-32(12(2)35)9-15(14)19/h4-7,14-15,18-19H,8-10H2,1-3H3,(H2,26,29,30,31)/t14-,15+,19+. The van der Waals surface area contributed by atoms with Crippen LogP contribution in [0.5, 0.6) is 0 Å². The topological polar surface area (TPSA) is 105 Å². The third-order valence-corrected chi connectivity index (χ3v) is 7.06. The molecule has 2 aliphatic rings. The maximum Gasteiger partial charge on any atom is 0.256 e. The van der Waals surface area contributed by atoms with Gasteiger partial charge in [-0.15, -0.1) is 5.10 Å². The normalized spacial score (nSPS) is 21.2. The van der Waals surface area contributed by atoms with Crippen molar-refractivity contribution in [2.75, 3.05) is 30.8 Å². The molecule has 4 aromatic rings. The van der Waals surface area contributed by atoms with Crippen LogP contribution in [0.25, 0.3) is 27.9 Å². The average Bonchev–Trinajstić information content (AvgIpc) is 3.22. The molecule has 35 heavy (non-hydrogen) atoms. The van der Waals surface area contributed by atoms with E-state index in [4.69, 9.17) is 0 Å². The van der Waals surface area contributed by atoms with Gasteiger partial charge in [0.2, 0.25) is 11.9 Å². The van der Waals surface area contributed by atoms with Gasteiger partial charge in [-0.1, -0.05) is 0 Å². The quantitative estimate of drug-likeness (QED) is 0.436. The van der Waals surface area contributed by atoms with Crippen molar-refractivity contribution < 1.29 is 13.6 Å². The molecule has 6 rings (SSSR count). The number of aryl methyl sites for hydroxylation is 1. The fourth-order valence-electron chi connectivity index (χ4n) is 5.23. The fourth-order valence-corrected chi connectivity index (χ4v) is 5.23. The number of nitrogens with zero attached hydrogens (tertiary/aromatic N) is 7. The number of aromatic nitrogens is 6. The van der Waals surface area contributed by atoms with E-state index in [0.29, 0.717) is 46.3 Å². The summed E-state index contributed by atoms with van der Waals surface area (Å²) in [5, 5.41) is 11.2. The number of amides is 1. The highest BCUT2D eigenvalue weighted by Gasteiger charge is 2.56. The molecule has 1 saturated carbocycles. The zero-order valence-electron chi connectivity index (χ0n) is 19.5. The van der Waals surface area contributed by atoms with E-state index in [0.717, 1.165) is 24.2 Å². The lowest BCUT2D eigenvalue weighted by Crippen LogP contribution is -2.32. The number of carbonyl (C=O) groups is 1. The van der Waals surface area contributed by atoms with E-state index in [9.17, 15) is 13.6 Å². The second-order valence-electron chi connectivity index (χ2n) is 9.18. The van der Waals surface area contributed by atoms with Crippen molar-refractivity contribution in [1.29, 1.82) is 0 Å². The first kappa shape index (κ1) is 21.7. The zero-order chi connectivity index (χ0) is 24.4. The summed E-state index contributed by atoms with van der Waals surface area (Å²) in [6.07, 6.45) is -0.671. The first-order valence-corrected chi connectivity index (χ1v) is 11.6. The van der Waals surface area contributed by atoms with Crippen molar-refractivity contribution in [3.05, 3.63) is 30.2 Å². The minimum atomic E-state index is -2.50. The number of pyridine rings is 1. The van der Waals surface area contributed by atoms with Gasteiger partial charge < -0.3 is 20.1 Å². The van der Waals surface area contributed by atoms with Crippen LogP contribution in [-0.2, 0) is 11.3 Å². The fraction of sp³-hybridized carbons (Fsp3) is 0.435. The number of likely N-dealkylation sites (tertiary alicyclic amines) is 1. The summed E-state index contributed by atoms with van der Waals surface area (Å²) in [4.78, 5) is 27.2. The first-order valence-electron chi connectivity index (χ1n) is 11.6. The van der Waals surface area contributed by atoms with Gasteiger partial charge in [0.25, 0.3) is 6.43 Å². The van der Waals surface area contributed by atoms with Gasteiger partial charge in [0.05, 0.1) is 12.2 Å². The summed E-state index contributed by atoms with van der Waals surface area (Å²) < 4.78 is 29.4. The summed E-state index contributed by atoms with van der Waals surface area (Å²) >= 11 is 0. The van der Waals surface area contributed by atoms with Crippen molar-refractivity contribution >= 4 is 34.4 Å². The van der Waals surface area contributed by atoms with Crippen LogP contribution in [-0.4, -0.2) is 72.5 Å². The number of piperidine rings is 1. The van der Waals surface area contributed by atoms with Crippen LogP contribution in [0.3, 0.4) is 0 Å². The number of nitrogens with one attached hydrogen (secondary N) is 2. The van der Waals surface area contributed by atoms with E-state index in [1.807, 2.05) is 23.2 Å². The van der Waals surface area contributed by atoms with Gasteiger partial charge in [0.1, 0.15) is 16.9 Å². The molecule has 2 N–H and O–H groups in total. The van der Waals surface area contributed by atoms with Gasteiger partial charge in [-0.05, 0) is 25.1 Å². The smallest absolute Gasteiger partial charge is 0.256 e. The van der Waals surface area contributed by atoms with Crippen LogP contribution >= 0.6 is 0 Å². The third kappa shape index (κ3) is 3.55. The maximum absolute atomic E-state index is 13.1. The molecular formula is C23H25F2N9O. The van der Waals surface area contributed by atoms with Crippen molar-refractivity contribution in [1.82, 2.24) is 34.0 Å². The molecule has 0 bridgehead atoms. The number of rotatable bonds is 6. The predicted octanol–water partition coefficient (Wildman–Crippen LogP) is 2.64. The van der Waals surface area contributed by atoms with Gasteiger partial charge >= 0.3 is 0 Å². The lowest BCUT2D eigenvalue weighted by atomic mass is 10.2. The van der Waals surface area contributed by atoms with Gasteiger partial charge in [-0.25, -0.2) is 23.3 Å². The van der Waals surface area contributed by atoms with Crippen molar-refractivity contribution in [3.63, 3.8) is 0 Å². The summed E-state index contributed by atoms with van der Waals surface area (Å²) in [6.45, 7) is 4.38. The molecule has 3 atom stereocenters. The second kappa shape index (κ2) is 7.85. The Balaban J connectivity index is 1.32. The second-order valence-corrected chi connectivity index (χ2v) is 9.18. The van der Waals surface area contributed by atoms with Gasteiger partial charge in [-0.3, -0.25) is 4.79 Å². The van der Waals surface area contributed by atoms with E-state index in [2.05, 4.69) is 30.7 Å². The van der Waals surface area contributed by atoms with E-state index in [1.165, 1.54) is 4.57 Å². The number of anilines is 2. The summed E-state index contributed by atoms with van der Waals surface area (Å²) in [6, 6.07) is 5.77. The highest BCUT2D eigenvalue weighted by Crippen LogP contribution is 2.47. The molecule has 1 amide bonds. The summed E-state index contributed by atoms with van der Waals surface area (Å²) in [7, 11) is 1.79. The maximum atomic E-state index is 13.1. The van der Waals surface area contributed by atoms with Gasteiger partial charge in [0, 0.05) is 56.7 Å². The molecule has 12 heteroatoms. The Morgan fingerprint density at radius 3 is 2.63 bits per heavy atom. The van der Waals surface area contributed by atoms with Crippen LogP contribution in [0.2, 0.25) is 0 Å². The van der Waals surface area contributed by atoms with Crippen molar-refractivity contribution in [3.8, 4) is 11.3 Å². The van der Waals surface area contributed by atoms with E-state index in [-0.39, 0.29) is 11.9 Å². The number of imidazole rings is 1. The Kier molecular flexibility index (Phi) is 4.87. The molecule has 0 aromatic carbocycles. The number of fused-ring (bicyclic) bond motifs is 3. The average molecular weight is 482 g/mol. The first-order chi connectivity index (χ1) is 16.8. The number of hydrogen-bond donors (Lipinski definition) is 2. The molecule has 5 heterocycles. The number of hydrogen-bond acceptors (Lipinski definition) is 7. The Morgan fingerprint density at radius 2 is 1.94 bits per heavy atom. The number of halogens is 2. The van der Waals surface area contributed by atoms with E-state index < -0.39 is 13.0 Å². The molecule has 1 saturated heterocycles. The number of carbonyl (C=O) groups excluding carboxylic acids is 1. The minimum absolute atomic E-state index is 0.116. The van der Waals surface area contributed by atoms with Crippen LogP contribution in [0, 0.1) is 18.8 Å². The van der Waals surface area contributed by atoms with Gasteiger partial charge in [-0.2, -0.15) is 4.98 Å². The Hall–Kier alpha value is -3.83. The van der Waals surface area contributed by atoms with Gasteiger partial charge in [0.15, 0.2) is 11.5 Å². The van der Waals surface area contributed by atoms with Crippen LogP contribution in [0.15, 0.2) is 24.4 Å². The molecule has 0 radical (unpaired) electrons. The molecule has 1 aliphatic carbocycles. The summed E-state index contributed by atoms with van der Waals surface area (Å²) in [5.74, 6) is 2.59. The van der Waals surface area contributed by atoms with E-state index >= 15 is 0 Å². The molecule has 4 aromatic heterocycles. The Morgan fingerprint density at radius 1 is 1.17 bits per heavy atom. The summed E-state index contributed by atoms with van der Waals surface area (Å²) in [5.41, 5.74) is 3.14. The molecule has 1 aliphatic heterocycles. The van der Waals surface area contributed by atoms with Crippen molar-refractivity contribution in [2.24, 2.45) is 11.8 Å². The molecule has 10 nitrogen and oxygen atoms in total. The Labute approximate surface area is 199 Å². The highest BCUT2D eigenvalue weighted by molar-refractivity contribution is 5.89. The monoisotopic (exact) mass is 481 g/mol. The molecule has 0 spiro atoms. The molecule has 182 valence electrons. The zero-order valence-corrected chi connectivity index (χ0v) is 19.5. The molecular weight excluding hydrogens is 456 g/mol. The SMILES string of the molecule is CNc1nc(N[C@H]2[C@@H]3CN(C(C)=O)C[C@@H]32)nn2ccc(-c3ccc4nc(C)n(CC(F)F)c4n3)c12. The Bertz CT molecular complexity index is 1450. The van der Waals surface area contributed by atoms with Crippen LogP contribution < -0.4 is 10.6 Å². The minimum Gasteiger partial charge on any atom is -0.371 e. The largest absolute Gasteiger partial charge is 0.371 e. The molecule has 2 fully saturated rings. The predicted molar refractivity (Wildman–Crippen MR) is 126 cm³/mol. The third-order valence-electron chi connectivity index (χ3n) is 7.06.